The van der Waals surface area contributed by atoms with Gasteiger partial charge in [-0.2, -0.15) is 4.98 Å². The van der Waals surface area contributed by atoms with E-state index in [0.29, 0.717) is 0 Å². The summed E-state index contributed by atoms with van der Waals surface area (Å²) in [4.78, 5) is 11.4. The molecule has 3 N–H and O–H groups in total. The van der Waals surface area contributed by atoms with Gasteiger partial charge < -0.3 is 15.7 Å². The van der Waals surface area contributed by atoms with E-state index in [1.807, 2.05) is 37.4 Å². The Morgan fingerprint density at radius 1 is 1.28 bits per heavy atom. The van der Waals surface area contributed by atoms with E-state index in [2.05, 4.69) is 27.0 Å². The second-order valence-corrected chi connectivity index (χ2v) is 7.44. The topological polar surface area (TPSA) is 75.3 Å². The Hall–Kier alpha value is -2.44. The largest absolute Gasteiger partial charge is 0.380 e. The standard InChI is InChI=1S/C19H20N4OS/c1-12-7-10-25-17(12)19(2,24)14-4-3-13-6-9-23(15(13)11-14)16-5-8-21-18(20)22-16/h3-5,7-8,10-11,24H,6,9H2,1-2H3,(H2,20,21,22). The molecule has 128 valence electrons. The molecule has 1 aliphatic heterocycles. The molecule has 0 spiro atoms. The van der Waals surface area contributed by atoms with Crippen molar-refractivity contribution in [2.24, 2.45) is 0 Å². The summed E-state index contributed by atoms with van der Waals surface area (Å²) in [7, 11) is 0. The highest BCUT2D eigenvalue weighted by atomic mass is 32.1. The first kappa shape index (κ1) is 16.1. The first-order valence-corrected chi connectivity index (χ1v) is 9.11. The molecule has 25 heavy (non-hydrogen) atoms. The quantitative estimate of drug-likeness (QED) is 0.756. The molecule has 0 bridgehead atoms. The van der Waals surface area contributed by atoms with Crippen molar-refractivity contribution in [1.82, 2.24) is 9.97 Å². The lowest BCUT2D eigenvalue weighted by Crippen LogP contribution is -2.23. The van der Waals surface area contributed by atoms with Gasteiger partial charge in [0, 0.05) is 23.3 Å². The van der Waals surface area contributed by atoms with Crippen molar-refractivity contribution in [2.75, 3.05) is 17.2 Å². The van der Waals surface area contributed by atoms with Gasteiger partial charge in [0.15, 0.2) is 0 Å². The fraction of sp³-hybridized carbons (Fsp3) is 0.263. The minimum Gasteiger partial charge on any atom is -0.380 e. The van der Waals surface area contributed by atoms with Crippen LogP contribution in [0.1, 0.15) is 28.5 Å². The summed E-state index contributed by atoms with van der Waals surface area (Å²) >= 11 is 1.58. The number of nitrogens with two attached hydrogens (primary N) is 1. The number of nitrogen functional groups attached to an aromatic ring is 1. The maximum atomic E-state index is 11.2. The summed E-state index contributed by atoms with van der Waals surface area (Å²) in [6, 6.07) is 10.1. The van der Waals surface area contributed by atoms with E-state index in [0.717, 1.165) is 40.5 Å². The van der Waals surface area contributed by atoms with E-state index in [-0.39, 0.29) is 5.95 Å². The number of nitrogens with zero attached hydrogens (tertiary/aromatic N) is 3. The molecule has 5 nitrogen and oxygen atoms in total. The van der Waals surface area contributed by atoms with Crippen LogP contribution in [0.15, 0.2) is 41.9 Å². The number of hydrogen-bond acceptors (Lipinski definition) is 6. The van der Waals surface area contributed by atoms with Crippen molar-refractivity contribution in [3.63, 3.8) is 0 Å². The fourth-order valence-electron chi connectivity index (χ4n) is 3.44. The van der Waals surface area contributed by atoms with Gasteiger partial charge in [-0.15, -0.1) is 11.3 Å². The lowest BCUT2D eigenvalue weighted by atomic mass is 9.91. The van der Waals surface area contributed by atoms with Crippen LogP contribution in [0.5, 0.6) is 0 Å². The molecule has 2 aromatic heterocycles. The summed E-state index contributed by atoms with van der Waals surface area (Å²) in [6.07, 6.45) is 2.62. The van der Waals surface area contributed by atoms with Crippen molar-refractivity contribution in [1.29, 1.82) is 0 Å². The van der Waals surface area contributed by atoms with Gasteiger partial charge in [-0.05, 0) is 60.5 Å². The van der Waals surface area contributed by atoms with Crippen LogP contribution in [0.2, 0.25) is 0 Å². The highest BCUT2D eigenvalue weighted by Crippen LogP contribution is 2.40. The molecular weight excluding hydrogens is 332 g/mol. The van der Waals surface area contributed by atoms with Crippen LogP contribution in [0.3, 0.4) is 0 Å². The SMILES string of the molecule is Cc1ccsc1C(C)(O)c1ccc2c(c1)N(c1ccnc(N)n1)CC2. The molecule has 4 rings (SSSR count). The number of rotatable bonds is 3. The van der Waals surface area contributed by atoms with Crippen molar-refractivity contribution in [3.05, 3.63) is 63.5 Å². The molecule has 0 fully saturated rings. The summed E-state index contributed by atoms with van der Waals surface area (Å²) in [5.41, 5.74) is 9.03. The van der Waals surface area contributed by atoms with Crippen LogP contribution in [0, 0.1) is 6.92 Å². The first-order valence-electron chi connectivity index (χ1n) is 8.23. The number of benzene rings is 1. The van der Waals surface area contributed by atoms with Crippen molar-refractivity contribution >= 4 is 28.8 Å². The van der Waals surface area contributed by atoms with E-state index in [1.165, 1.54) is 5.56 Å². The van der Waals surface area contributed by atoms with Crippen LogP contribution in [-0.4, -0.2) is 21.6 Å². The number of anilines is 3. The number of thiophene rings is 1. The van der Waals surface area contributed by atoms with E-state index in [1.54, 1.807) is 17.5 Å². The van der Waals surface area contributed by atoms with Gasteiger partial charge in [0.05, 0.1) is 0 Å². The Morgan fingerprint density at radius 2 is 2.12 bits per heavy atom. The van der Waals surface area contributed by atoms with Gasteiger partial charge in [0.25, 0.3) is 0 Å². The zero-order valence-corrected chi connectivity index (χ0v) is 15.0. The number of aryl methyl sites for hydroxylation is 1. The molecule has 6 heteroatoms. The number of aliphatic hydroxyl groups is 1. The maximum Gasteiger partial charge on any atom is 0.221 e. The molecule has 3 heterocycles. The van der Waals surface area contributed by atoms with Gasteiger partial charge >= 0.3 is 0 Å². The first-order chi connectivity index (χ1) is 12.0. The Morgan fingerprint density at radius 3 is 2.84 bits per heavy atom. The van der Waals surface area contributed by atoms with Crippen LogP contribution in [-0.2, 0) is 12.0 Å². The second kappa shape index (κ2) is 5.82. The Balaban J connectivity index is 1.77. The summed E-state index contributed by atoms with van der Waals surface area (Å²) in [6.45, 7) is 4.73. The zero-order chi connectivity index (χ0) is 17.6. The summed E-state index contributed by atoms with van der Waals surface area (Å²) in [5, 5.41) is 13.2. The molecule has 0 saturated heterocycles. The number of fused-ring (bicyclic) bond motifs is 1. The van der Waals surface area contributed by atoms with Gasteiger partial charge in [-0.1, -0.05) is 12.1 Å². The normalized spacial score (nSPS) is 15.9. The van der Waals surface area contributed by atoms with E-state index < -0.39 is 5.60 Å². The van der Waals surface area contributed by atoms with Crippen LogP contribution >= 0.6 is 11.3 Å². The van der Waals surface area contributed by atoms with E-state index in [9.17, 15) is 5.11 Å². The van der Waals surface area contributed by atoms with Crippen molar-refractivity contribution in [2.45, 2.75) is 25.9 Å². The molecule has 1 aliphatic rings. The third-order valence-electron chi connectivity index (χ3n) is 4.78. The number of aromatic nitrogens is 2. The van der Waals surface area contributed by atoms with Crippen LogP contribution in [0.4, 0.5) is 17.5 Å². The summed E-state index contributed by atoms with van der Waals surface area (Å²) < 4.78 is 0. The van der Waals surface area contributed by atoms with Crippen LogP contribution < -0.4 is 10.6 Å². The maximum absolute atomic E-state index is 11.2. The molecule has 0 amide bonds. The highest BCUT2D eigenvalue weighted by molar-refractivity contribution is 7.10. The molecule has 1 unspecified atom stereocenters. The Bertz CT molecular complexity index is 935. The van der Waals surface area contributed by atoms with Gasteiger partial charge in [-0.25, -0.2) is 4.98 Å². The minimum absolute atomic E-state index is 0.267. The Kier molecular flexibility index (Phi) is 3.74. The smallest absolute Gasteiger partial charge is 0.221 e. The average molecular weight is 352 g/mol. The predicted octanol–water partition coefficient (Wildman–Crippen LogP) is 3.38. The van der Waals surface area contributed by atoms with Gasteiger partial charge in [0.1, 0.15) is 11.4 Å². The number of hydrogen-bond donors (Lipinski definition) is 2. The molecular formula is C19H20N4OS. The minimum atomic E-state index is -1.02. The second-order valence-electron chi connectivity index (χ2n) is 6.52. The van der Waals surface area contributed by atoms with Gasteiger partial charge in [0.2, 0.25) is 5.95 Å². The molecule has 1 aromatic carbocycles. The highest BCUT2D eigenvalue weighted by Gasteiger charge is 2.31. The lowest BCUT2D eigenvalue weighted by Gasteiger charge is -2.26. The average Bonchev–Trinajstić information content (AvgIpc) is 3.20. The third kappa shape index (κ3) is 2.67. The molecule has 3 aromatic rings. The van der Waals surface area contributed by atoms with Crippen LogP contribution in [0.25, 0.3) is 0 Å². The molecule has 0 radical (unpaired) electrons. The van der Waals surface area contributed by atoms with E-state index >= 15 is 0 Å². The monoisotopic (exact) mass is 352 g/mol. The summed E-state index contributed by atoms with van der Waals surface area (Å²) in [5.74, 6) is 1.05. The fourth-order valence-corrected chi connectivity index (χ4v) is 4.45. The van der Waals surface area contributed by atoms with Gasteiger partial charge in [-0.3, -0.25) is 0 Å². The van der Waals surface area contributed by atoms with Crippen molar-refractivity contribution in [3.8, 4) is 0 Å². The predicted molar refractivity (Wildman–Crippen MR) is 101 cm³/mol. The molecule has 1 atom stereocenters. The van der Waals surface area contributed by atoms with E-state index in [4.69, 9.17) is 5.73 Å². The molecule has 0 aliphatic carbocycles. The molecule has 0 saturated carbocycles. The van der Waals surface area contributed by atoms with Crippen molar-refractivity contribution < 1.29 is 5.11 Å². The lowest BCUT2D eigenvalue weighted by molar-refractivity contribution is 0.106. The third-order valence-corrected chi connectivity index (χ3v) is 6.01. The Labute approximate surface area is 150 Å². The zero-order valence-electron chi connectivity index (χ0n) is 14.2.